The van der Waals surface area contributed by atoms with Gasteiger partial charge in [-0.25, -0.2) is 0 Å². The predicted octanol–water partition coefficient (Wildman–Crippen LogP) is -0.529. The highest BCUT2D eigenvalue weighted by Gasteiger charge is 2.33. The maximum atomic E-state index is 13.5. The first-order valence-corrected chi connectivity index (χ1v) is 15.4. The van der Waals surface area contributed by atoms with Crippen LogP contribution in [0.1, 0.15) is 58.4 Å². The lowest BCUT2D eigenvalue weighted by molar-refractivity contribution is -0.138. The largest absolute Gasteiger partial charge is 0.391 e. The molecule has 0 aromatic heterocycles. The average Bonchev–Trinajstić information content (AvgIpc) is 2.98. The number of likely N-dealkylation sites (tertiary alicyclic amines) is 1. The van der Waals surface area contributed by atoms with E-state index in [0.29, 0.717) is 25.9 Å². The molecule has 242 valence electrons. The molecule has 0 radical (unpaired) electrons. The molecule has 3 rings (SSSR count). The smallest absolute Gasteiger partial charge is 0.245 e. The van der Waals surface area contributed by atoms with Crippen LogP contribution in [-0.2, 0) is 35.2 Å². The quantitative estimate of drug-likeness (QED) is 0.261. The summed E-state index contributed by atoms with van der Waals surface area (Å²) in [5.41, 5.74) is 0.757. The maximum Gasteiger partial charge on any atom is 0.245 e. The van der Waals surface area contributed by atoms with E-state index < -0.39 is 47.9 Å². The lowest BCUT2D eigenvalue weighted by Crippen LogP contribution is -2.60. The Morgan fingerprint density at radius 1 is 0.909 bits per heavy atom. The fourth-order valence-corrected chi connectivity index (χ4v) is 5.30. The van der Waals surface area contributed by atoms with Gasteiger partial charge in [-0.1, -0.05) is 44.2 Å². The van der Waals surface area contributed by atoms with Gasteiger partial charge in [0.15, 0.2) is 0 Å². The van der Waals surface area contributed by atoms with E-state index in [0.717, 1.165) is 18.4 Å². The van der Waals surface area contributed by atoms with Crippen molar-refractivity contribution in [3.8, 4) is 0 Å². The molecular weight excluding hydrogens is 568 g/mol. The number of aliphatic hydroxyl groups is 1. The van der Waals surface area contributed by atoms with Gasteiger partial charge in [0.05, 0.1) is 12.6 Å². The first-order chi connectivity index (χ1) is 21.0. The number of carbonyl (C=O) groups is 6. The Morgan fingerprint density at radius 2 is 1.64 bits per heavy atom. The number of benzene rings is 1. The van der Waals surface area contributed by atoms with Crippen LogP contribution in [0.5, 0.6) is 0 Å². The lowest BCUT2D eigenvalue weighted by atomic mass is 10.0. The number of piperidine rings is 1. The lowest BCUT2D eigenvalue weighted by Gasteiger charge is -2.28. The normalized spacial score (nSPS) is 23.6. The van der Waals surface area contributed by atoms with Crippen molar-refractivity contribution < 1.29 is 33.9 Å². The van der Waals surface area contributed by atoms with Crippen LogP contribution < -0.4 is 21.3 Å². The van der Waals surface area contributed by atoms with Crippen LogP contribution in [0.15, 0.2) is 30.3 Å². The van der Waals surface area contributed by atoms with Crippen molar-refractivity contribution in [2.45, 2.75) is 83.5 Å². The zero-order valence-electron chi connectivity index (χ0n) is 25.8. The molecule has 2 aliphatic heterocycles. The van der Waals surface area contributed by atoms with E-state index in [4.69, 9.17) is 0 Å². The highest BCUT2D eigenvalue weighted by atomic mass is 16.3. The summed E-state index contributed by atoms with van der Waals surface area (Å²) in [5, 5.41) is 21.0. The third kappa shape index (κ3) is 10.3. The second-order valence-electron chi connectivity index (χ2n) is 11.8. The Hall–Kier alpha value is -4.00. The summed E-state index contributed by atoms with van der Waals surface area (Å²) in [7, 11) is 0. The minimum atomic E-state index is -1.32. The molecule has 13 heteroatoms. The van der Waals surface area contributed by atoms with E-state index in [9.17, 15) is 33.9 Å². The van der Waals surface area contributed by atoms with Crippen LogP contribution in [0.3, 0.4) is 0 Å². The topological polar surface area (TPSA) is 177 Å². The minimum absolute atomic E-state index is 0.0176. The van der Waals surface area contributed by atoms with Crippen LogP contribution in [0, 0.1) is 5.92 Å². The first kappa shape index (κ1) is 34.5. The van der Waals surface area contributed by atoms with Crippen LogP contribution >= 0.6 is 0 Å². The molecule has 0 bridgehead atoms. The summed E-state index contributed by atoms with van der Waals surface area (Å²) in [6.07, 6.45) is 1.66. The highest BCUT2D eigenvalue weighted by molar-refractivity contribution is 5.95. The molecule has 4 atom stereocenters. The molecular formula is C31H46N6O7. The number of hydrogen-bond donors (Lipinski definition) is 5. The van der Waals surface area contributed by atoms with Gasteiger partial charge in [0.25, 0.3) is 0 Å². The fourth-order valence-electron chi connectivity index (χ4n) is 5.30. The minimum Gasteiger partial charge on any atom is -0.391 e. The van der Waals surface area contributed by atoms with Crippen molar-refractivity contribution in [2.75, 3.05) is 32.7 Å². The van der Waals surface area contributed by atoms with E-state index in [1.165, 1.54) is 11.8 Å². The molecule has 13 nitrogen and oxygen atoms in total. The molecule has 2 aliphatic rings. The maximum absolute atomic E-state index is 13.5. The van der Waals surface area contributed by atoms with Gasteiger partial charge in [-0.05, 0) is 37.7 Å². The SMILES string of the molecule is CC(C)[C@H]1NC(=O)CN(C(=O)CCCN2CCCCC2=O)CCNC(=O)[C@H]([C@@H](C)O)NC(=O)[C@H](Cc2ccccc2)NC1=O. The van der Waals surface area contributed by atoms with Gasteiger partial charge in [-0.15, -0.1) is 0 Å². The Balaban J connectivity index is 1.80. The third-order valence-corrected chi connectivity index (χ3v) is 7.85. The molecule has 0 aliphatic carbocycles. The molecule has 2 fully saturated rings. The van der Waals surface area contributed by atoms with E-state index in [1.807, 2.05) is 6.07 Å². The number of carbonyl (C=O) groups excluding carboxylic acids is 6. The molecule has 44 heavy (non-hydrogen) atoms. The van der Waals surface area contributed by atoms with Crippen LogP contribution in [0.4, 0.5) is 0 Å². The second-order valence-corrected chi connectivity index (χ2v) is 11.8. The second kappa shape index (κ2) is 16.7. The first-order valence-electron chi connectivity index (χ1n) is 15.4. The summed E-state index contributed by atoms with van der Waals surface area (Å²) in [6, 6.07) is 5.57. The van der Waals surface area contributed by atoms with E-state index in [1.54, 1.807) is 43.0 Å². The molecule has 6 amide bonds. The average molecular weight is 615 g/mol. The van der Waals surface area contributed by atoms with Crippen molar-refractivity contribution >= 4 is 35.4 Å². The Labute approximate surface area is 258 Å². The molecule has 5 N–H and O–H groups in total. The Kier molecular flexibility index (Phi) is 13.1. The summed E-state index contributed by atoms with van der Waals surface area (Å²) in [5.74, 6) is -3.12. The number of hydrogen-bond acceptors (Lipinski definition) is 7. The number of aliphatic hydroxyl groups excluding tert-OH is 1. The van der Waals surface area contributed by atoms with Crippen molar-refractivity contribution in [1.29, 1.82) is 0 Å². The predicted molar refractivity (Wildman–Crippen MR) is 162 cm³/mol. The van der Waals surface area contributed by atoms with E-state index >= 15 is 0 Å². The van der Waals surface area contributed by atoms with Gasteiger partial charge in [-0.2, -0.15) is 0 Å². The van der Waals surface area contributed by atoms with E-state index in [-0.39, 0.29) is 50.2 Å². The van der Waals surface area contributed by atoms with Crippen LogP contribution in [0.2, 0.25) is 0 Å². The molecule has 2 heterocycles. The number of nitrogens with one attached hydrogen (secondary N) is 4. The van der Waals surface area contributed by atoms with Gasteiger partial charge in [0.2, 0.25) is 35.4 Å². The zero-order chi connectivity index (χ0) is 32.2. The van der Waals surface area contributed by atoms with Gasteiger partial charge < -0.3 is 36.2 Å². The van der Waals surface area contributed by atoms with Gasteiger partial charge in [0.1, 0.15) is 18.1 Å². The van der Waals surface area contributed by atoms with Gasteiger partial charge in [-0.3, -0.25) is 28.8 Å². The van der Waals surface area contributed by atoms with Crippen molar-refractivity contribution in [1.82, 2.24) is 31.1 Å². The Bertz CT molecular complexity index is 1180. The van der Waals surface area contributed by atoms with Gasteiger partial charge in [0, 0.05) is 45.4 Å². The van der Waals surface area contributed by atoms with Gasteiger partial charge >= 0.3 is 0 Å². The van der Waals surface area contributed by atoms with Crippen molar-refractivity contribution in [3.63, 3.8) is 0 Å². The van der Waals surface area contributed by atoms with Crippen molar-refractivity contribution in [2.24, 2.45) is 5.92 Å². The third-order valence-electron chi connectivity index (χ3n) is 7.85. The van der Waals surface area contributed by atoms with Crippen LogP contribution in [0.25, 0.3) is 0 Å². The summed E-state index contributed by atoms with van der Waals surface area (Å²) < 4.78 is 0. The molecule has 0 saturated carbocycles. The molecule has 1 aromatic rings. The molecule has 2 saturated heterocycles. The van der Waals surface area contributed by atoms with Crippen molar-refractivity contribution in [3.05, 3.63) is 35.9 Å². The monoisotopic (exact) mass is 614 g/mol. The van der Waals surface area contributed by atoms with Crippen LogP contribution in [-0.4, -0.2) is 107 Å². The number of amides is 6. The fraction of sp³-hybridized carbons (Fsp3) is 0.613. The number of rotatable bonds is 8. The zero-order valence-corrected chi connectivity index (χ0v) is 25.8. The highest BCUT2D eigenvalue weighted by Crippen LogP contribution is 2.12. The molecule has 1 aromatic carbocycles. The summed E-state index contributed by atoms with van der Waals surface area (Å²) >= 11 is 0. The summed E-state index contributed by atoms with van der Waals surface area (Å²) in [4.78, 5) is 81.4. The summed E-state index contributed by atoms with van der Waals surface area (Å²) in [6.45, 7) is 5.57. The molecule has 0 spiro atoms. The number of nitrogens with zero attached hydrogens (tertiary/aromatic N) is 2. The Morgan fingerprint density at radius 3 is 2.30 bits per heavy atom. The van der Waals surface area contributed by atoms with E-state index in [2.05, 4.69) is 21.3 Å². The standard InChI is InChI=1S/C31H46N6O7/c1-20(2)27-31(44)33-23(18-22-10-5-4-6-11-22)29(42)35-28(21(3)38)30(43)32-14-17-37(19-24(39)34-27)26(41)13-9-16-36-15-8-7-12-25(36)40/h4-6,10-11,20-21,23,27-28,38H,7-9,12-19H2,1-3H3,(H,32,43)(H,33,44)(H,34,39)(H,35,42)/t21-,23+,27-,28+/m1/s1. The molecule has 0 unspecified atom stereocenters.